The van der Waals surface area contributed by atoms with Crippen LogP contribution < -0.4 is 5.32 Å². The van der Waals surface area contributed by atoms with Crippen molar-refractivity contribution in [3.05, 3.63) is 77.0 Å². The fraction of sp³-hybridized carbons (Fsp3) is 0.130. The van der Waals surface area contributed by atoms with Crippen LogP contribution in [-0.4, -0.2) is 19.0 Å². The topological polar surface area (TPSA) is 68.5 Å². The quantitative estimate of drug-likeness (QED) is 0.499. The van der Waals surface area contributed by atoms with Crippen molar-refractivity contribution in [3.8, 4) is 0 Å². The number of ether oxygens (including phenoxy) is 1. The summed E-state index contributed by atoms with van der Waals surface area (Å²) in [6.07, 6.45) is 0. The van der Waals surface area contributed by atoms with Gasteiger partial charge in [0.15, 0.2) is 5.76 Å². The first-order chi connectivity index (χ1) is 13.5. The SMILES string of the molecule is COC(=O)c1ccc(C)c(NC(=O)c2oc3c(ccc4ccccc43)c2C)c1. The van der Waals surface area contributed by atoms with Crippen molar-refractivity contribution in [1.29, 1.82) is 0 Å². The number of rotatable bonds is 3. The Bertz CT molecular complexity index is 1240. The Morgan fingerprint density at radius 2 is 1.75 bits per heavy atom. The van der Waals surface area contributed by atoms with Gasteiger partial charge in [-0.25, -0.2) is 4.79 Å². The molecular formula is C23H19NO4. The monoisotopic (exact) mass is 373 g/mol. The minimum atomic E-state index is -0.457. The third-order valence-corrected chi connectivity index (χ3v) is 4.94. The Hall–Kier alpha value is -3.60. The number of amides is 1. The van der Waals surface area contributed by atoms with Crippen LogP contribution in [0.15, 0.2) is 59.0 Å². The van der Waals surface area contributed by atoms with Crippen LogP contribution in [0.3, 0.4) is 0 Å². The molecule has 28 heavy (non-hydrogen) atoms. The number of esters is 1. The van der Waals surface area contributed by atoms with E-state index < -0.39 is 5.97 Å². The van der Waals surface area contributed by atoms with Crippen molar-refractivity contribution in [2.24, 2.45) is 0 Å². The van der Waals surface area contributed by atoms with Gasteiger partial charge in [-0.15, -0.1) is 0 Å². The first-order valence-corrected chi connectivity index (χ1v) is 8.90. The lowest BCUT2D eigenvalue weighted by Gasteiger charge is -2.09. The van der Waals surface area contributed by atoms with E-state index in [0.717, 1.165) is 27.3 Å². The van der Waals surface area contributed by atoms with Crippen LogP contribution in [0.2, 0.25) is 0 Å². The molecule has 0 saturated heterocycles. The Labute approximate surface area is 161 Å². The van der Waals surface area contributed by atoms with E-state index in [9.17, 15) is 9.59 Å². The minimum Gasteiger partial charge on any atom is -0.465 e. The van der Waals surface area contributed by atoms with Gasteiger partial charge in [0.2, 0.25) is 0 Å². The number of carbonyl (C=O) groups is 2. The smallest absolute Gasteiger partial charge is 0.337 e. The summed E-state index contributed by atoms with van der Waals surface area (Å²) in [5.41, 5.74) is 3.22. The summed E-state index contributed by atoms with van der Waals surface area (Å²) < 4.78 is 10.7. The van der Waals surface area contributed by atoms with Crippen molar-refractivity contribution in [2.45, 2.75) is 13.8 Å². The van der Waals surface area contributed by atoms with Gasteiger partial charge in [-0.05, 0) is 36.9 Å². The van der Waals surface area contributed by atoms with E-state index in [4.69, 9.17) is 9.15 Å². The first-order valence-electron chi connectivity index (χ1n) is 8.90. The van der Waals surface area contributed by atoms with Gasteiger partial charge in [-0.2, -0.15) is 0 Å². The third kappa shape index (κ3) is 2.91. The van der Waals surface area contributed by atoms with E-state index in [1.165, 1.54) is 7.11 Å². The molecule has 0 aliphatic carbocycles. The fourth-order valence-electron chi connectivity index (χ4n) is 3.35. The van der Waals surface area contributed by atoms with Gasteiger partial charge >= 0.3 is 5.97 Å². The molecule has 0 spiro atoms. The lowest BCUT2D eigenvalue weighted by Crippen LogP contribution is -2.14. The minimum absolute atomic E-state index is 0.259. The Morgan fingerprint density at radius 3 is 2.54 bits per heavy atom. The summed E-state index contributed by atoms with van der Waals surface area (Å²) in [4.78, 5) is 24.7. The standard InChI is InChI=1S/C23H19NO4/c1-13-8-9-16(23(26)27-3)12-19(13)24-22(25)20-14(2)17-11-10-15-6-4-5-7-18(15)21(17)28-20/h4-12H,1-3H3,(H,24,25). The van der Waals surface area contributed by atoms with E-state index >= 15 is 0 Å². The van der Waals surface area contributed by atoms with Crippen LogP contribution in [0.5, 0.6) is 0 Å². The molecule has 3 aromatic carbocycles. The maximum absolute atomic E-state index is 12.9. The molecule has 4 rings (SSSR count). The van der Waals surface area contributed by atoms with Crippen molar-refractivity contribution in [2.75, 3.05) is 12.4 Å². The van der Waals surface area contributed by atoms with Crippen LogP contribution in [0.4, 0.5) is 5.69 Å². The third-order valence-electron chi connectivity index (χ3n) is 4.94. The molecule has 5 heteroatoms. The van der Waals surface area contributed by atoms with Gasteiger partial charge in [0.25, 0.3) is 5.91 Å². The van der Waals surface area contributed by atoms with Crippen molar-refractivity contribution in [1.82, 2.24) is 0 Å². The van der Waals surface area contributed by atoms with E-state index in [-0.39, 0.29) is 11.7 Å². The maximum atomic E-state index is 12.9. The van der Waals surface area contributed by atoms with Crippen molar-refractivity contribution >= 4 is 39.3 Å². The molecule has 0 saturated carbocycles. The molecular weight excluding hydrogens is 354 g/mol. The number of anilines is 1. The second kappa shape index (κ2) is 6.85. The molecule has 0 aliphatic heterocycles. The molecule has 1 N–H and O–H groups in total. The van der Waals surface area contributed by atoms with Gasteiger partial charge in [0, 0.05) is 22.0 Å². The zero-order valence-electron chi connectivity index (χ0n) is 15.8. The molecule has 1 heterocycles. The van der Waals surface area contributed by atoms with E-state index in [1.807, 2.05) is 50.2 Å². The molecule has 0 unspecified atom stereocenters. The highest BCUT2D eigenvalue weighted by atomic mass is 16.5. The summed E-state index contributed by atoms with van der Waals surface area (Å²) in [7, 11) is 1.32. The fourth-order valence-corrected chi connectivity index (χ4v) is 3.35. The number of hydrogen-bond donors (Lipinski definition) is 1. The summed E-state index contributed by atoms with van der Waals surface area (Å²) in [6, 6.07) is 16.9. The molecule has 0 fully saturated rings. The average Bonchev–Trinajstić information content (AvgIpc) is 3.06. The van der Waals surface area contributed by atoms with Gasteiger partial charge in [-0.3, -0.25) is 4.79 Å². The number of furan rings is 1. The molecule has 4 aromatic rings. The van der Waals surface area contributed by atoms with Crippen LogP contribution in [0.1, 0.15) is 32.0 Å². The van der Waals surface area contributed by atoms with E-state index in [0.29, 0.717) is 16.8 Å². The number of hydrogen-bond acceptors (Lipinski definition) is 4. The second-order valence-corrected chi connectivity index (χ2v) is 6.69. The van der Waals surface area contributed by atoms with Gasteiger partial charge in [0.1, 0.15) is 5.58 Å². The molecule has 5 nitrogen and oxygen atoms in total. The Kier molecular flexibility index (Phi) is 4.35. The number of methoxy groups -OCH3 is 1. The lowest BCUT2D eigenvalue weighted by molar-refractivity contribution is 0.0600. The number of fused-ring (bicyclic) bond motifs is 3. The lowest BCUT2D eigenvalue weighted by atomic mass is 10.1. The second-order valence-electron chi connectivity index (χ2n) is 6.69. The molecule has 0 radical (unpaired) electrons. The number of carbonyl (C=O) groups excluding carboxylic acids is 2. The van der Waals surface area contributed by atoms with Crippen molar-refractivity contribution in [3.63, 3.8) is 0 Å². The number of aryl methyl sites for hydroxylation is 2. The van der Waals surface area contributed by atoms with Crippen LogP contribution in [-0.2, 0) is 4.74 Å². The highest BCUT2D eigenvalue weighted by Gasteiger charge is 2.20. The highest BCUT2D eigenvalue weighted by molar-refractivity contribution is 6.11. The molecule has 0 atom stereocenters. The van der Waals surface area contributed by atoms with Gasteiger partial charge in [-0.1, -0.05) is 42.5 Å². The summed E-state index contributed by atoms with van der Waals surface area (Å²) in [5, 5.41) is 5.78. The van der Waals surface area contributed by atoms with E-state index in [1.54, 1.807) is 18.2 Å². The molecule has 0 bridgehead atoms. The van der Waals surface area contributed by atoms with Crippen LogP contribution >= 0.6 is 0 Å². The maximum Gasteiger partial charge on any atom is 0.337 e. The van der Waals surface area contributed by atoms with Crippen molar-refractivity contribution < 1.29 is 18.7 Å². The number of nitrogens with one attached hydrogen (secondary N) is 1. The van der Waals surface area contributed by atoms with Crippen LogP contribution in [0.25, 0.3) is 21.7 Å². The zero-order chi connectivity index (χ0) is 19.8. The zero-order valence-corrected chi connectivity index (χ0v) is 15.8. The van der Waals surface area contributed by atoms with E-state index in [2.05, 4.69) is 5.32 Å². The summed E-state index contributed by atoms with van der Waals surface area (Å²) >= 11 is 0. The predicted octanol–water partition coefficient (Wildman–Crippen LogP) is 5.24. The molecule has 1 amide bonds. The Balaban J connectivity index is 1.75. The predicted molar refractivity (Wildman–Crippen MR) is 109 cm³/mol. The first kappa shape index (κ1) is 17.8. The van der Waals surface area contributed by atoms with Crippen LogP contribution in [0, 0.1) is 13.8 Å². The van der Waals surface area contributed by atoms with Gasteiger partial charge < -0.3 is 14.5 Å². The molecule has 140 valence electrons. The summed E-state index contributed by atoms with van der Waals surface area (Å²) in [5.74, 6) is -0.556. The largest absolute Gasteiger partial charge is 0.465 e. The summed E-state index contributed by atoms with van der Waals surface area (Å²) in [6.45, 7) is 3.73. The highest BCUT2D eigenvalue weighted by Crippen LogP contribution is 2.32. The normalized spacial score (nSPS) is 11.0. The number of benzene rings is 3. The molecule has 0 aliphatic rings. The Morgan fingerprint density at radius 1 is 0.964 bits per heavy atom. The van der Waals surface area contributed by atoms with Gasteiger partial charge in [0.05, 0.1) is 12.7 Å². The average molecular weight is 373 g/mol. The molecule has 1 aromatic heterocycles.